The number of benzene rings is 1. The van der Waals surface area contributed by atoms with E-state index < -0.39 is 0 Å². The molecular weight excluding hydrogens is 405 g/mol. The number of nitrogens with zero attached hydrogens (tertiary/aromatic N) is 1. The Morgan fingerprint density at radius 1 is 1.09 bits per heavy atom. The van der Waals surface area contributed by atoms with Crippen molar-refractivity contribution < 1.29 is 9.47 Å². The van der Waals surface area contributed by atoms with Gasteiger partial charge in [0.1, 0.15) is 0 Å². The van der Waals surface area contributed by atoms with Crippen LogP contribution in [0.1, 0.15) is 38.2 Å². The van der Waals surface area contributed by atoms with Gasteiger partial charge in [-0.3, -0.25) is 4.99 Å². The SMILES string of the molecule is CCCCCCNC(=NC)NCCc1ccc2c(c1)OCO2.I. The summed E-state index contributed by atoms with van der Waals surface area (Å²) in [6.45, 7) is 4.37. The van der Waals surface area contributed by atoms with E-state index in [1.165, 1.54) is 31.2 Å². The molecule has 0 atom stereocenters. The van der Waals surface area contributed by atoms with Crippen LogP contribution in [0, 0.1) is 0 Å². The zero-order valence-electron chi connectivity index (χ0n) is 14.1. The van der Waals surface area contributed by atoms with Crippen molar-refractivity contribution in [3.05, 3.63) is 23.8 Å². The summed E-state index contributed by atoms with van der Waals surface area (Å²) >= 11 is 0. The summed E-state index contributed by atoms with van der Waals surface area (Å²) in [4.78, 5) is 4.24. The zero-order chi connectivity index (χ0) is 15.6. The number of hydrogen-bond acceptors (Lipinski definition) is 3. The van der Waals surface area contributed by atoms with Crippen molar-refractivity contribution in [1.82, 2.24) is 10.6 Å². The second kappa shape index (κ2) is 11.4. The van der Waals surface area contributed by atoms with Gasteiger partial charge >= 0.3 is 0 Å². The lowest BCUT2D eigenvalue weighted by molar-refractivity contribution is 0.174. The predicted octanol–water partition coefficient (Wildman–Crippen LogP) is 3.32. The second-order valence-corrected chi connectivity index (χ2v) is 5.42. The Kier molecular flexibility index (Phi) is 9.82. The lowest BCUT2D eigenvalue weighted by Gasteiger charge is -2.12. The lowest BCUT2D eigenvalue weighted by Crippen LogP contribution is -2.38. The van der Waals surface area contributed by atoms with Gasteiger partial charge < -0.3 is 20.1 Å². The van der Waals surface area contributed by atoms with E-state index in [0.29, 0.717) is 6.79 Å². The van der Waals surface area contributed by atoms with Crippen LogP contribution >= 0.6 is 24.0 Å². The topological polar surface area (TPSA) is 54.9 Å². The van der Waals surface area contributed by atoms with Crippen LogP contribution in [0.5, 0.6) is 11.5 Å². The van der Waals surface area contributed by atoms with Crippen molar-refractivity contribution in [2.45, 2.75) is 39.0 Å². The third-order valence-corrected chi connectivity index (χ3v) is 3.69. The Labute approximate surface area is 156 Å². The first-order chi connectivity index (χ1) is 10.8. The molecule has 1 heterocycles. The van der Waals surface area contributed by atoms with E-state index in [2.05, 4.69) is 28.6 Å². The number of nitrogens with one attached hydrogen (secondary N) is 2. The van der Waals surface area contributed by atoms with Crippen LogP contribution in [0.4, 0.5) is 0 Å². The Bertz CT molecular complexity index is 495. The normalized spacial score (nSPS) is 12.7. The minimum absolute atomic E-state index is 0. The maximum absolute atomic E-state index is 5.39. The molecule has 23 heavy (non-hydrogen) atoms. The standard InChI is InChI=1S/C17H27N3O2.HI/c1-3-4-5-6-10-19-17(18-2)20-11-9-14-7-8-15-16(12-14)22-13-21-15;/h7-8,12H,3-6,9-11,13H2,1-2H3,(H2,18,19,20);1H. The molecule has 0 amide bonds. The van der Waals surface area contributed by atoms with Crippen LogP contribution in [0.2, 0.25) is 0 Å². The molecule has 0 aliphatic carbocycles. The molecule has 1 aromatic rings. The van der Waals surface area contributed by atoms with Gasteiger partial charge in [0.2, 0.25) is 6.79 Å². The molecular formula is C17H28IN3O2. The Morgan fingerprint density at radius 3 is 2.65 bits per heavy atom. The first-order valence-corrected chi connectivity index (χ1v) is 8.16. The number of aliphatic imine (C=N–C) groups is 1. The minimum Gasteiger partial charge on any atom is -0.454 e. The van der Waals surface area contributed by atoms with Crippen molar-refractivity contribution in [2.24, 2.45) is 4.99 Å². The molecule has 0 spiro atoms. The molecule has 5 nitrogen and oxygen atoms in total. The van der Waals surface area contributed by atoms with E-state index in [-0.39, 0.29) is 24.0 Å². The van der Waals surface area contributed by atoms with Crippen LogP contribution < -0.4 is 20.1 Å². The molecule has 2 rings (SSSR count). The highest BCUT2D eigenvalue weighted by Crippen LogP contribution is 2.32. The first kappa shape index (κ1) is 19.9. The highest BCUT2D eigenvalue weighted by Gasteiger charge is 2.12. The van der Waals surface area contributed by atoms with Gasteiger partial charge in [0.15, 0.2) is 17.5 Å². The number of hydrogen-bond donors (Lipinski definition) is 2. The highest BCUT2D eigenvalue weighted by atomic mass is 127. The summed E-state index contributed by atoms with van der Waals surface area (Å²) in [5.41, 5.74) is 1.23. The molecule has 0 bridgehead atoms. The average Bonchev–Trinajstić information content (AvgIpc) is 3.00. The molecule has 0 unspecified atom stereocenters. The Morgan fingerprint density at radius 2 is 1.87 bits per heavy atom. The summed E-state index contributed by atoms with van der Waals surface area (Å²) in [5.74, 6) is 2.55. The maximum atomic E-state index is 5.39. The fraction of sp³-hybridized carbons (Fsp3) is 0.588. The second-order valence-electron chi connectivity index (χ2n) is 5.42. The van der Waals surface area contributed by atoms with E-state index in [0.717, 1.165) is 37.0 Å². The van der Waals surface area contributed by atoms with Gasteiger partial charge in [-0.25, -0.2) is 0 Å². The molecule has 0 saturated heterocycles. The smallest absolute Gasteiger partial charge is 0.231 e. The van der Waals surface area contributed by atoms with E-state index in [1.807, 2.05) is 19.2 Å². The molecule has 130 valence electrons. The lowest BCUT2D eigenvalue weighted by atomic mass is 10.1. The van der Waals surface area contributed by atoms with Crippen molar-refractivity contribution in [3.8, 4) is 11.5 Å². The number of guanidine groups is 1. The summed E-state index contributed by atoms with van der Waals surface area (Å²) in [6, 6.07) is 6.10. The van der Waals surface area contributed by atoms with Gasteiger partial charge in [-0.15, -0.1) is 24.0 Å². The van der Waals surface area contributed by atoms with Crippen molar-refractivity contribution in [2.75, 3.05) is 26.9 Å². The fourth-order valence-corrected chi connectivity index (χ4v) is 2.40. The maximum Gasteiger partial charge on any atom is 0.231 e. The summed E-state index contributed by atoms with van der Waals surface area (Å²) in [6.07, 6.45) is 5.96. The fourth-order valence-electron chi connectivity index (χ4n) is 2.40. The Hall–Kier alpha value is -1.18. The molecule has 0 radical (unpaired) electrons. The highest BCUT2D eigenvalue weighted by molar-refractivity contribution is 14.0. The Balaban J connectivity index is 0.00000264. The zero-order valence-corrected chi connectivity index (χ0v) is 16.4. The van der Waals surface area contributed by atoms with Gasteiger partial charge in [-0.2, -0.15) is 0 Å². The molecule has 2 N–H and O–H groups in total. The van der Waals surface area contributed by atoms with E-state index >= 15 is 0 Å². The number of ether oxygens (including phenoxy) is 2. The van der Waals surface area contributed by atoms with Crippen LogP contribution in [0.3, 0.4) is 0 Å². The van der Waals surface area contributed by atoms with E-state index in [4.69, 9.17) is 9.47 Å². The van der Waals surface area contributed by atoms with Crippen LogP contribution in [-0.2, 0) is 6.42 Å². The first-order valence-electron chi connectivity index (χ1n) is 8.16. The number of fused-ring (bicyclic) bond motifs is 1. The molecule has 0 saturated carbocycles. The minimum atomic E-state index is 0. The van der Waals surface area contributed by atoms with Gasteiger partial charge in [0, 0.05) is 20.1 Å². The molecule has 6 heteroatoms. The summed E-state index contributed by atoms with van der Waals surface area (Å²) in [5, 5.41) is 6.69. The van der Waals surface area contributed by atoms with E-state index in [1.54, 1.807) is 0 Å². The van der Waals surface area contributed by atoms with Gasteiger partial charge in [0.25, 0.3) is 0 Å². The average molecular weight is 433 g/mol. The van der Waals surface area contributed by atoms with Crippen molar-refractivity contribution in [1.29, 1.82) is 0 Å². The van der Waals surface area contributed by atoms with Crippen molar-refractivity contribution in [3.63, 3.8) is 0 Å². The van der Waals surface area contributed by atoms with Crippen LogP contribution in [0.15, 0.2) is 23.2 Å². The number of rotatable bonds is 8. The molecule has 1 aromatic carbocycles. The monoisotopic (exact) mass is 433 g/mol. The van der Waals surface area contributed by atoms with Crippen LogP contribution in [-0.4, -0.2) is 32.9 Å². The number of halogens is 1. The number of unbranched alkanes of at least 4 members (excludes halogenated alkanes) is 3. The molecule has 0 fully saturated rings. The molecule has 1 aliphatic rings. The summed E-state index contributed by atoms with van der Waals surface area (Å²) in [7, 11) is 1.81. The van der Waals surface area contributed by atoms with Crippen LogP contribution in [0.25, 0.3) is 0 Å². The quantitative estimate of drug-likeness (QED) is 0.286. The molecule has 0 aromatic heterocycles. The predicted molar refractivity (Wildman–Crippen MR) is 105 cm³/mol. The largest absolute Gasteiger partial charge is 0.454 e. The summed E-state index contributed by atoms with van der Waals surface area (Å²) < 4.78 is 10.7. The third kappa shape index (κ3) is 6.85. The van der Waals surface area contributed by atoms with Gasteiger partial charge in [0.05, 0.1) is 0 Å². The van der Waals surface area contributed by atoms with E-state index in [9.17, 15) is 0 Å². The molecule has 1 aliphatic heterocycles. The van der Waals surface area contributed by atoms with Crippen molar-refractivity contribution >= 4 is 29.9 Å². The van der Waals surface area contributed by atoms with Gasteiger partial charge in [-0.05, 0) is 30.5 Å². The third-order valence-electron chi connectivity index (χ3n) is 3.69. The van der Waals surface area contributed by atoms with Gasteiger partial charge in [-0.1, -0.05) is 32.3 Å².